The lowest BCUT2D eigenvalue weighted by molar-refractivity contribution is -0.0333. The van der Waals surface area contributed by atoms with E-state index in [-0.39, 0.29) is 12.1 Å². The molecule has 0 spiro atoms. The van der Waals surface area contributed by atoms with Crippen molar-refractivity contribution in [2.45, 2.75) is 78.7 Å². The molecule has 2 aliphatic heterocycles. The number of hydrogen-bond acceptors (Lipinski definition) is 7. The number of carbonyl (C=O) groups is 2. The summed E-state index contributed by atoms with van der Waals surface area (Å²) in [4.78, 5) is 32.6. The van der Waals surface area contributed by atoms with Crippen LogP contribution in [0, 0.1) is 6.92 Å². The fraction of sp³-hybridized carbons (Fsp3) is 0.516. The lowest BCUT2D eigenvalue weighted by atomic mass is 9.87. The van der Waals surface area contributed by atoms with E-state index < -0.39 is 17.3 Å². The second-order valence-corrected chi connectivity index (χ2v) is 12.7. The average molecular weight is 549 g/mol. The normalized spacial score (nSPS) is 18.0. The SMILES string of the molecule is Cc1cn(C(=O)OC(C)(C)C)c2ncc(-c3cc4c(c(C5COCCN5C(=O)OC(C)(C)C)c3)CNCC4)cc12. The highest BCUT2D eigenvalue weighted by molar-refractivity contribution is 5.91. The van der Waals surface area contributed by atoms with Gasteiger partial charge >= 0.3 is 12.2 Å². The van der Waals surface area contributed by atoms with Crippen molar-refractivity contribution in [3.05, 3.63) is 52.8 Å². The maximum absolute atomic E-state index is 13.2. The Balaban J connectivity index is 1.56. The van der Waals surface area contributed by atoms with Crippen molar-refractivity contribution in [3.8, 4) is 11.1 Å². The van der Waals surface area contributed by atoms with E-state index in [0.717, 1.165) is 47.2 Å². The number of morpholine rings is 1. The lowest BCUT2D eigenvalue weighted by Crippen LogP contribution is -2.46. The molecule has 9 nitrogen and oxygen atoms in total. The highest BCUT2D eigenvalue weighted by atomic mass is 16.6. The molecule has 1 unspecified atom stereocenters. The number of carbonyl (C=O) groups excluding carboxylic acids is 2. The van der Waals surface area contributed by atoms with Crippen molar-refractivity contribution in [2.24, 2.45) is 0 Å². The van der Waals surface area contributed by atoms with E-state index >= 15 is 0 Å². The summed E-state index contributed by atoms with van der Waals surface area (Å²) in [7, 11) is 0. The smallest absolute Gasteiger partial charge is 0.420 e. The minimum Gasteiger partial charge on any atom is -0.444 e. The van der Waals surface area contributed by atoms with Crippen LogP contribution in [0.4, 0.5) is 9.59 Å². The highest BCUT2D eigenvalue weighted by Crippen LogP contribution is 2.36. The summed E-state index contributed by atoms with van der Waals surface area (Å²) < 4.78 is 18.7. The van der Waals surface area contributed by atoms with Crippen LogP contribution in [-0.2, 0) is 27.2 Å². The Morgan fingerprint density at radius 2 is 1.75 bits per heavy atom. The molecule has 1 aromatic carbocycles. The fourth-order valence-corrected chi connectivity index (χ4v) is 5.37. The van der Waals surface area contributed by atoms with E-state index in [4.69, 9.17) is 19.2 Å². The van der Waals surface area contributed by atoms with Gasteiger partial charge in [-0.25, -0.2) is 19.1 Å². The summed E-state index contributed by atoms with van der Waals surface area (Å²) in [6.45, 7) is 16.1. The Labute approximate surface area is 235 Å². The zero-order valence-corrected chi connectivity index (χ0v) is 24.6. The van der Waals surface area contributed by atoms with Crippen LogP contribution in [0.3, 0.4) is 0 Å². The molecule has 1 saturated heterocycles. The number of hydrogen-bond donors (Lipinski definition) is 1. The van der Waals surface area contributed by atoms with E-state index in [0.29, 0.717) is 25.4 Å². The molecule has 1 N–H and O–H groups in total. The molecule has 0 bridgehead atoms. The number of ether oxygens (including phenoxy) is 3. The lowest BCUT2D eigenvalue weighted by Gasteiger charge is -2.38. The van der Waals surface area contributed by atoms with Gasteiger partial charge in [0.15, 0.2) is 0 Å². The zero-order chi connectivity index (χ0) is 28.8. The Kier molecular flexibility index (Phi) is 7.39. The monoisotopic (exact) mass is 548 g/mol. The van der Waals surface area contributed by atoms with E-state index in [2.05, 4.69) is 23.5 Å². The van der Waals surface area contributed by atoms with Crippen LogP contribution in [-0.4, -0.2) is 64.1 Å². The number of benzene rings is 1. The predicted octanol–water partition coefficient (Wildman–Crippen LogP) is 5.75. The number of nitrogens with one attached hydrogen (secondary N) is 1. The van der Waals surface area contributed by atoms with Gasteiger partial charge in [0.2, 0.25) is 0 Å². The summed E-state index contributed by atoms with van der Waals surface area (Å²) in [5, 5.41) is 4.38. The first kappa shape index (κ1) is 28.1. The summed E-state index contributed by atoms with van der Waals surface area (Å²) in [5.74, 6) is 0. The Bertz CT molecular complexity index is 1450. The Hall–Kier alpha value is -3.43. The maximum Gasteiger partial charge on any atom is 0.420 e. The quantitative estimate of drug-likeness (QED) is 0.436. The number of amides is 1. The summed E-state index contributed by atoms with van der Waals surface area (Å²) in [6, 6.07) is 6.20. The molecule has 3 aromatic rings. The number of fused-ring (bicyclic) bond motifs is 2. The molecule has 0 radical (unpaired) electrons. The van der Waals surface area contributed by atoms with Gasteiger partial charge in [-0.1, -0.05) is 6.07 Å². The van der Waals surface area contributed by atoms with Crippen molar-refractivity contribution >= 4 is 23.2 Å². The second-order valence-electron chi connectivity index (χ2n) is 12.7. The highest BCUT2D eigenvalue weighted by Gasteiger charge is 2.34. The van der Waals surface area contributed by atoms with Crippen LogP contribution in [0.15, 0.2) is 30.6 Å². The predicted molar refractivity (Wildman–Crippen MR) is 153 cm³/mol. The molecule has 1 fully saturated rings. The molecule has 2 aromatic heterocycles. The molecular weight excluding hydrogens is 508 g/mol. The minimum atomic E-state index is -0.605. The van der Waals surface area contributed by atoms with E-state index in [1.165, 1.54) is 15.7 Å². The topological polar surface area (TPSA) is 94.9 Å². The zero-order valence-electron chi connectivity index (χ0n) is 24.6. The van der Waals surface area contributed by atoms with Gasteiger partial charge < -0.3 is 19.5 Å². The van der Waals surface area contributed by atoms with Gasteiger partial charge in [0.1, 0.15) is 16.8 Å². The van der Waals surface area contributed by atoms with Crippen molar-refractivity contribution in [1.82, 2.24) is 19.8 Å². The summed E-state index contributed by atoms with van der Waals surface area (Å²) in [5.41, 5.74) is 5.80. The Morgan fingerprint density at radius 1 is 1.02 bits per heavy atom. The number of aromatic nitrogens is 2. The molecule has 40 heavy (non-hydrogen) atoms. The molecule has 9 heteroatoms. The van der Waals surface area contributed by atoms with Gasteiger partial charge in [-0.15, -0.1) is 0 Å². The van der Waals surface area contributed by atoms with Crippen molar-refractivity contribution in [3.63, 3.8) is 0 Å². The first-order chi connectivity index (χ1) is 18.8. The van der Waals surface area contributed by atoms with Crippen LogP contribution in [0.1, 0.15) is 69.8 Å². The van der Waals surface area contributed by atoms with Crippen molar-refractivity contribution in [1.29, 1.82) is 0 Å². The van der Waals surface area contributed by atoms with Crippen LogP contribution < -0.4 is 5.32 Å². The molecule has 5 rings (SSSR count). The standard InChI is InChI=1S/C31H40N4O5/c1-19-17-35(29(37)40-31(5,6)7)27-23(19)14-22(15-33-27)21-12-20-8-9-32-16-25(20)24(13-21)26-18-38-11-10-34(26)28(36)39-30(2,3)4/h12-15,17,26,32H,8-11,16,18H2,1-7H3. The minimum absolute atomic E-state index is 0.260. The third kappa shape index (κ3) is 5.86. The van der Waals surface area contributed by atoms with Crippen LogP contribution in [0.5, 0.6) is 0 Å². The van der Waals surface area contributed by atoms with Crippen molar-refractivity contribution < 1.29 is 23.8 Å². The second kappa shape index (κ2) is 10.5. The van der Waals surface area contributed by atoms with Crippen LogP contribution in [0.2, 0.25) is 0 Å². The number of rotatable bonds is 2. The van der Waals surface area contributed by atoms with E-state index in [9.17, 15) is 9.59 Å². The van der Waals surface area contributed by atoms with E-state index in [1.54, 1.807) is 17.3 Å². The van der Waals surface area contributed by atoms with Gasteiger partial charge in [-0.2, -0.15) is 0 Å². The van der Waals surface area contributed by atoms with Gasteiger partial charge in [-0.05, 0) is 101 Å². The number of nitrogens with zero attached hydrogens (tertiary/aromatic N) is 3. The average Bonchev–Trinajstić information content (AvgIpc) is 3.22. The third-order valence-electron chi connectivity index (χ3n) is 7.13. The Morgan fingerprint density at radius 3 is 2.48 bits per heavy atom. The van der Waals surface area contributed by atoms with Gasteiger partial charge in [0.05, 0.1) is 19.3 Å². The largest absolute Gasteiger partial charge is 0.444 e. The van der Waals surface area contributed by atoms with Gasteiger partial charge in [0, 0.05) is 36.4 Å². The molecular formula is C31H40N4O5. The first-order valence-corrected chi connectivity index (χ1v) is 14.0. The molecule has 4 heterocycles. The third-order valence-corrected chi connectivity index (χ3v) is 7.13. The number of pyridine rings is 1. The maximum atomic E-state index is 13.2. The first-order valence-electron chi connectivity index (χ1n) is 14.0. The fourth-order valence-electron chi connectivity index (χ4n) is 5.37. The molecule has 214 valence electrons. The molecule has 0 saturated carbocycles. The van der Waals surface area contributed by atoms with Gasteiger partial charge in [0.25, 0.3) is 0 Å². The summed E-state index contributed by atoms with van der Waals surface area (Å²) in [6.07, 6.45) is 3.69. The van der Waals surface area contributed by atoms with Crippen molar-refractivity contribution in [2.75, 3.05) is 26.3 Å². The molecule has 2 aliphatic rings. The van der Waals surface area contributed by atoms with E-state index in [1.807, 2.05) is 48.5 Å². The van der Waals surface area contributed by atoms with Crippen LogP contribution in [0.25, 0.3) is 22.2 Å². The number of aryl methyl sites for hydroxylation is 1. The summed E-state index contributed by atoms with van der Waals surface area (Å²) >= 11 is 0. The van der Waals surface area contributed by atoms with Gasteiger partial charge in [-0.3, -0.25) is 4.90 Å². The molecule has 1 atom stereocenters. The van der Waals surface area contributed by atoms with Crippen LogP contribution >= 0.6 is 0 Å². The molecule has 1 amide bonds. The molecule has 0 aliphatic carbocycles.